The Balaban J connectivity index is 1.78. The summed E-state index contributed by atoms with van der Waals surface area (Å²) in [6.45, 7) is 4.57. The minimum Gasteiger partial charge on any atom is -0.494 e. The Morgan fingerprint density at radius 2 is 2.05 bits per heavy atom. The summed E-state index contributed by atoms with van der Waals surface area (Å²) in [7, 11) is 0. The van der Waals surface area contributed by atoms with Gasteiger partial charge in [-0.15, -0.1) is 0 Å². The predicted molar refractivity (Wildman–Crippen MR) is 78.0 cm³/mol. The number of amides is 2. The Morgan fingerprint density at radius 1 is 1.40 bits per heavy atom. The molecular formula is C15H22N2O3. The molecule has 3 N–H and O–H groups in total. The summed E-state index contributed by atoms with van der Waals surface area (Å²) in [5.74, 6) is 1.09. The Labute approximate surface area is 119 Å². The van der Waals surface area contributed by atoms with E-state index < -0.39 is 5.60 Å². The number of hydrogen-bond donors (Lipinski definition) is 3. The molecule has 1 aromatic carbocycles. The molecule has 0 spiro atoms. The van der Waals surface area contributed by atoms with E-state index in [0.29, 0.717) is 18.2 Å². The van der Waals surface area contributed by atoms with E-state index in [4.69, 9.17) is 4.74 Å². The molecule has 5 heteroatoms. The van der Waals surface area contributed by atoms with Crippen LogP contribution in [0.4, 0.5) is 10.5 Å². The standard InChI is InChI=1S/C15H22N2O3/c1-3-20-13-8-6-12(7-9-13)17-14(18)16-10-15(2,19)11-4-5-11/h6-9,11,19H,3-5,10H2,1-2H3,(H2,16,17,18)/t15-/m0/s1. The largest absolute Gasteiger partial charge is 0.494 e. The van der Waals surface area contributed by atoms with Gasteiger partial charge in [-0.25, -0.2) is 4.79 Å². The third kappa shape index (κ3) is 4.13. The Kier molecular flexibility index (Phi) is 4.49. The van der Waals surface area contributed by atoms with Crippen molar-refractivity contribution in [2.45, 2.75) is 32.3 Å². The van der Waals surface area contributed by atoms with Crippen molar-refractivity contribution in [1.29, 1.82) is 0 Å². The lowest BCUT2D eigenvalue weighted by Crippen LogP contribution is -2.43. The molecule has 2 amide bonds. The molecule has 2 rings (SSSR count). The van der Waals surface area contributed by atoms with Crippen LogP contribution in [0.5, 0.6) is 5.75 Å². The second-order valence-corrected chi connectivity index (χ2v) is 5.40. The van der Waals surface area contributed by atoms with Crippen molar-refractivity contribution in [3.8, 4) is 5.75 Å². The Hall–Kier alpha value is -1.75. The topological polar surface area (TPSA) is 70.6 Å². The second kappa shape index (κ2) is 6.13. The quantitative estimate of drug-likeness (QED) is 0.748. The van der Waals surface area contributed by atoms with Gasteiger partial charge >= 0.3 is 6.03 Å². The Morgan fingerprint density at radius 3 is 2.60 bits per heavy atom. The minimum atomic E-state index is -0.809. The molecular weight excluding hydrogens is 256 g/mol. The van der Waals surface area contributed by atoms with Gasteiger partial charge < -0.3 is 20.5 Å². The van der Waals surface area contributed by atoms with Crippen LogP contribution in [-0.2, 0) is 0 Å². The molecule has 1 atom stereocenters. The summed E-state index contributed by atoms with van der Waals surface area (Å²) in [5, 5.41) is 15.5. The van der Waals surface area contributed by atoms with Crippen LogP contribution in [-0.4, -0.2) is 29.9 Å². The van der Waals surface area contributed by atoms with Crippen LogP contribution >= 0.6 is 0 Å². The molecule has 0 heterocycles. The molecule has 1 fully saturated rings. The van der Waals surface area contributed by atoms with E-state index in [0.717, 1.165) is 18.6 Å². The molecule has 0 saturated heterocycles. The van der Waals surface area contributed by atoms with Crippen molar-refractivity contribution in [2.24, 2.45) is 5.92 Å². The van der Waals surface area contributed by atoms with Gasteiger partial charge in [0.25, 0.3) is 0 Å². The van der Waals surface area contributed by atoms with Crippen LogP contribution in [0.1, 0.15) is 26.7 Å². The zero-order valence-electron chi connectivity index (χ0n) is 12.0. The normalized spacial score (nSPS) is 17.1. The SMILES string of the molecule is CCOc1ccc(NC(=O)NC[C@](C)(O)C2CC2)cc1. The lowest BCUT2D eigenvalue weighted by Gasteiger charge is -2.23. The molecule has 20 heavy (non-hydrogen) atoms. The van der Waals surface area contributed by atoms with Gasteiger partial charge in [-0.2, -0.15) is 0 Å². The van der Waals surface area contributed by atoms with Gasteiger partial charge in [-0.05, 0) is 56.9 Å². The number of carbonyl (C=O) groups is 1. The number of carbonyl (C=O) groups excluding carboxylic acids is 1. The summed E-state index contributed by atoms with van der Waals surface area (Å²) in [4.78, 5) is 11.7. The number of anilines is 1. The lowest BCUT2D eigenvalue weighted by atomic mass is 10.0. The summed E-state index contributed by atoms with van der Waals surface area (Å²) in [5.41, 5.74) is -0.118. The van der Waals surface area contributed by atoms with Gasteiger partial charge in [0.2, 0.25) is 0 Å². The number of nitrogens with one attached hydrogen (secondary N) is 2. The third-order valence-electron chi connectivity index (χ3n) is 3.49. The third-order valence-corrected chi connectivity index (χ3v) is 3.49. The molecule has 1 aliphatic carbocycles. The highest BCUT2D eigenvalue weighted by molar-refractivity contribution is 5.89. The fraction of sp³-hybridized carbons (Fsp3) is 0.533. The van der Waals surface area contributed by atoms with E-state index in [1.54, 1.807) is 31.2 Å². The maximum atomic E-state index is 11.7. The highest BCUT2D eigenvalue weighted by Gasteiger charge is 2.39. The van der Waals surface area contributed by atoms with Crippen LogP contribution in [0.2, 0.25) is 0 Å². The molecule has 1 saturated carbocycles. The van der Waals surface area contributed by atoms with Crippen molar-refractivity contribution in [1.82, 2.24) is 5.32 Å². The van der Waals surface area contributed by atoms with Gasteiger partial charge in [-0.3, -0.25) is 0 Å². The molecule has 5 nitrogen and oxygen atoms in total. The van der Waals surface area contributed by atoms with Gasteiger partial charge in [-0.1, -0.05) is 0 Å². The minimum absolute atomic E-state index is 0.264. The molecule has 0 aliphatic heterocycles. The molecule has 110 valence electrons. The highest BCUT2D eigenvalue weighted by atomic mass is 16.5. The van der Waals surface area contributed by atoms with E-state index in [2.05, 4.69) is 10.6 Å². The molecule has 0 aromatic heterocycles. The first kappa shape index (κ1) is 14.7. The summed E-state index contributed by atoms with van der Waals surface area (Å²) < 4.78 is 5.33. The number of benzene rings is 1. The van der Waals surface area contributed by atoms with E-state index >= 15 is 0 Å². The van der Waals surface area contributed by atoms with Crippen LogP contribution in [0.3, 0.4) is 0 Å². The van der Waals surface area contributed by atoms with Crippen molar-refractivity contribution in [3.63, 3.8) is 0 Å². The smallest absolute Gasteiger partial charge is 0.319 e. The Bertz CT molecular complexity index is 453. The molecule has 1 aliphatic rings. The van der Waals surface area contributed by atoms with E-state index in [-0.39, 0.29) is 12.6 Å². The summed E-state index contributed by atoms with van der Waals surface area (Å²) >= 11 is 0. The molecule has 0 bridgehead atoms. The zero-order chi connectivity index (χ0) is 14.6. The molecule has 0 radical (unpaired) electrons. The maximum absolute atomic E-state index is 11.7. The van der Waals surface area contributed by atoms with Crippen LogP contribution in [0.15, 0.2) is 24.3 Å². The highest BCUT2D eigenvalue weighted by Crippen LogP contribution is 2.38. The van der Waals surface area contributed by atoms with Crippen LogP contribution < -0.4 is 15.4 Å². The van der Waals surface area contributed by atoms with Crippen LogP contribution in [0.25, 0.3) is 0 Å². The molecule has 1 aromatic rings. The van der Waals surface area contributed by atoms with Gasteiger partial charge in [0.1, 0.15) is 5.75 Å². The average Bonchev–Trinajstić information content (AvgIpc) is 3.24. The van der Waals surface area contributed by atoms with Crippen molar-refractivity contribution in [3.05, 3.63) is 24.3 Å². The van der Waals surface area contributed by atoms with E-state index in [1.165, 1.54) is 0 Å². The number of aliphatic hydroxyl groups is 1. The van der Waals surface area contributed by atoms with Crippen LogP contribution in [0, 0.1) is 5.92 Å². The maximum Gasteiger partial charge on any atom is 0.319 e. The average molecular weight is 278 g/mol. The van der Waals surface area contributed by atoms with E-state index in [1.807, 2.05) is 6.92 Å². The van der Waals surface area contributed by atoms with Gasteiger partial charge in [0.05, 0.1) is 12.2 Å². The second-order valence-electron chi connectivity index (χ2n) is 5.40. The number of ether oxygens (including phenoxy) is 1. The van der Waals surface area contributed by atoms with Crippen molar-refractivity contribution >= 4 is 11.7 Å². The number of urea groups is 1. The molecule has 0 unspecified atom stereocenters. The summed E-state index contributed by atoms with van der Waals surface area (Å²) in [6.07, 6.45) is 2.07. The summed E-state index contributed by atoms with van der Waals surface area (Å²) in [6, 6.07) is 6.86. The number of hydrogen-bond acceptors (Lipinski definition) is 3. The predicted octanol–water partition coefficient (Wildman–Crippen LogP) is 2.37. The first-order valence-electron chi connectivity index (χ1n) is 7.01. The fourth-order valence-corrected chi connectivity index (χ4v) is 2.09. The zero-order valence-corrected chi connectivity index (χ0v) is 12.0. The van der Waals surface area contributed by atoms with E-state index in [9.17, 15) is 9.90 Å². The first-order valence-corrected chi connectivity index (χ1v) is 7.01. The van der Waals surface area contributed by atoms with Gasteiger partial charge in [0, 0.05) is 12.2 Å². The van der Waals surface area contributed by atoms with Crippen molar-refractivity contribution < 1.29 is 14.6 Å². The fourth-order valence-electron chi connectivity index (χ4n) is 2.09. The van der Waals surface area contributed by atoms with Gasteiger partial charge in [0.15, 0.2) is 0 Å². The number of rotatable bonds is 6. The monoisotopic (exact) mass is 278 g/mol. The lowest BCUT2D eigenvalue weighted by molar-refractivity contribution is 0.0398. The van der Waals surface area contributed by atoms with Crippen molar-refractivity contribution in [2.75, 3.05) is 18.5 Å². The first-order chi connectivity index (χ1) is 9.51.